The predicted octanol–water partition coefficient (Wildman–Crippen LogP) is 2.18. The van der Waals surface area contributed by atoms with E-state index >= 15 is 0 Å². The zero-order valence-corrected chi connectivity index (χ0v) is 18.9. The molecule has 180 valence electrons. The normalized spacial score (nSPS) is 15.7. The number of alkyl carbamates (subject to hydrolysis) is 1. The summed E-state index contributed by atoms with van der Waals surface area (Å²) < 4.78 is 50.3. The molecule has 0 aromatic heterocycles. The van der Waals surface area contributed by atoms with Gasteiger partial charge < -0.3 is 25.4 Å². The van der Waals surface area contributed by atoms with Crippen molar-refractivity contribution >= 4 is 23.9 Å². The standard InChI is InChI=1S/C19H32F3N3O6/c1-11(24-16(29)31-17(3,4)5)8-13(26)25-18(6,19(20,21)22)10-14(27)23-12(2)9-15(28)30-7/h11-12H,8-10H2,1-7H3,(H,23,27)(H,24,29)(H,25,26)/t11-,12-,18-/m0/s1. The average molecular weight is 455 g/mol. The molecule has 0 aliphatic carbocycles. The number of halogens is 3. The number of ether oxygens (including phenoxy) is 2. The van der Waals surface area contributed by atoms with Gasteiger partial charge in [-0.3, -0.25) is 14.4 Å². The van der Waals surface area contributed by atoms with Crippen molar-refractivity contribution in [1.29, 1.82) is 0 Å². The van der Waals surface area contributed by atoms with Gasteiger partial charge in [-0.15, -0.1) is 0 Å². The quantitative estimate of drug-likeness (QED) is 0.458. The van der Waals surface area contributed by atoms with Gasteiger partial charge in [-0.2, -0.15) is 13.2 Å². The van der Waals surface area contributed by atoms with Crippen LogP contribution in [0, 0.1) is 0 Å². The number of hydrogen-bond donors (Lipinski definition) is 3. The van der Waals surface area contributed by atoms with Gasteiger partial charge in [-0.05, 0) is 41.5 Å². The van der Waals surface area contributed by atoms with Crippen molar-refractivity contribution in [2.75, 3.05) is 7.11 Å². The number of hydrogen-bond acceptors (Lipinski definition) is 6. The summed E-state index contributed by atoms with van der Waals surface area (Å²) in [7, 11) is 1.14. The van der Waals surface area contributed by atoms with E-state index in [0.29, 0.717) is 6.92 Å². The molecule has 0 aromatic rings. The molecule has 0 bridgehead atoms. The van der Waals surface area contributed by atoms with Gasteiger partial charge in [0.2, 0.25) is 11.8 Å². The van der Waals surface area contributed by atoms with Crippen LogP contribution in [0.3, 0.4) is 0 Å². The van der Waals surface area contributed by atoms with Crippen LogP contribution in [0.4, 0.5) is 18.0 Å². The van der Waals surface area contributed by atoms with Gasteiger partial charge >= 0.3 is 18.2 Å². The minimum Gasteiger partial charge on any atom is -0.469 e. The number of carbonyl (C=O) groups excluding carboxylic acids is 4. The number of carbonyl (C=O) groups is 4. The van der Waals surface area contributed by atoms with Crippen molar-refractivity contribution < 1.29 is 41.8 Å². The Labute approximate surface area is 179 Å². The lowest BCUT2D eigenvalue weighted by atomic mass is 9.95. The topological polar surface area (TPSA) is 123 Å². The molecule has 31 heavy (non-hydrogen) atoms. The first-order chi connectivity index (χ1) is 13.9. The van der Waals surface area contributed by atoms with E-state index in [-0.39, 0.29) is 6.42 Å². The minimum absolute atomic E-state index is 0.217. The molecular formula is C19H32F3N3O6. The molecule has 3 amide bonds. The molecule has 12 heteroatoms. The molecular weight excluding hydrogens is 423 g/mol. The SMILES string of the molecule is COC(=O)C[C@H](C)NC(=O)C[C@](C)(NC(=O)C[C@H](C)NC(=O)OC(C)(C)C)C(F)(F)F. The molecule has 0 radical (unpaired) electrons. The third-order valence-corrected chi connectivity index (χ3v) is 3.92. The van der Waals surface area contributed by atoms with E-state index in [4.69, 9.17) is 4.74 Å². The fourth-order valence-electron chi connectivity index (χ4n) is 2.44. The van der Waals surface area contributed by atoms with Crippen LogP contribution in [0.5, 0.6) is 0 Å². The van der Waals surface area contributed by atoms with Crippen molar-refractivity contribution in [3.63, 3.8) is 0 Å². The smallest absolute Gasteiger partial charge is 0.411 e. The third kappa shape index (κ3) is 11.4. The number of methoxy groups -OCH3 is 1. The average Bonchev–Trinajstić information content (AvgIpc) is 2.50. The number of nitrogens with one attached hydrogen (secondary N) is 3. The molecule has 0 unspecified atom stereocenters. The lowest BCUT2D eigenvalue weighted by molar-refractivity contribution is -0.196. The number of alkyl halides is 3. The fourth-order valence-corrected chi connectivity index (χ4v) is 2.44. The summed E-state index contributed by atoms with van der Waals surface area (Å²) in [6, 6.07) is -1.58. The first-order valence-electron chi connectivity index (χ1n) is 9.62. The second-order valence-electron chi connectivity index (χ2n) is 8.56. The van der Waals surface area contributed by atoms with Crippen LogP contribution >= 0.6 is 0 Å². The highest BCUT2D eigenvalue weighted by Crippen LogP contribution is 2.33. The van der Waals surface area contributed by atoms with Crippen molar-refractivity contribution in [2.45, 2.75) is 90.2 Å². The van der Waals surface area contributed by atoms with Gasteiger partial charge in [0, 0.05) is 18.5 Å². The zero-order valence-electron chi connectivity index (χ0n) is 18.9. The van der Waals surface area contributed by atoms with E-state index in [1.807, 2.05) is 5.32 Å². The van der Waals surface area contributed by atoms with Crippen LogP contribution < -0.4 is 16.0 Å². The molecule has 0 saturated heterocycles. The molecule has 0 saturated carbocycles. The summed E-state index contributed by atoms with van der Waals surface area (Å²) in [5, 5.41) is 6.46. The van der Waals surface area contributed by atoms with E-state index < -0.39 is 66.1 Å². The summed E-state index contributed by atoms with van der Waals surface area (Å²) in [5.41, 5.74) is -3.63. The van der Waals surface area contributed by atoms with Crippen LogP contribution in [0.2, 0.25) is 0 Å². The molecule has 0 rings (SSSR count). The number of amides is 3. The Morgan fingerprint density at radius 3 is 1.84 bits per heavy atom. The highest BCUT2D eigenvalue weighted by atomic mass is 19.4. The summed E-state index contributed by atoms with van der Waals surface area (Å²) in [6.45, 7) is 8.45. The Morgan fingerprint density at radius 1 is 0.871 bits per heavy atom. The monoisotopic (exact) mass is 455 g/mol. The maximum atomic E-state index is 13.6. The second kappa shape index (κ2) is 11.2. The Balaban J connectivity index is 5.00. The summed E-state index contributed by atoms with van der Waals surface area (Å²) >= 11 is 0. The predicted molar refractivity (Wildman–Crippen MR) is 105 cm³/mol. The highest BCUT2D eigenvalue weighted by molar-refractivity contribution is 5.82. The molecule has 0 aromatic carbocycles. The van der Waals surface area contributed by atoms with E-state index in [1.165, 1.54) is 13.8 Å². The van der Waals surface area contributed by atoms with E-state index in [9.17, 15) is 32.3 Å². The van der Waals surface area contributed by atoms with Crippen molar-refractivity contribution in [3.8, 4) is 0 Å². The maximum Gasteiger partial charge on any atom is 0.411 e. The molecule has 0 spiro atoms. The highest BCUT2D eigenvalue weighted by Gasteiger charge is 2.53. The van der Waals surface area contributed by atoms with E-state index in [2.05, 4.69) is 15.4 Å². The van der Waals surface area contributed by atoms with Crippen LogP contribution in [0.15, 0.2) is 0 Å². The van der Waals surface area contributed by atoms with Crippen molar-refractivity contribution in [2.24, 2.45) is 0 Å². The minimum atomic E-state index is -4.94. The Bertz CT molecular complexity index is 663. The van der Waals surface area contributed by atoms with Gasteiger partial charge in [0.15, 0.2) is 0 Å². The lowest BCUT2D eigenvalue weighted by Crippen LogP contribution is -2.59. The molecule has 0 heterocycles. The zero-order chi connectivity index (χ0) is 24.6. The number of esters is 1. The van der Waals surface area contributed by atoms with Crippen LogP contribution in [-0.2, 0) is 23.9 Å². The van der Waals surface area contributed by atoms with Crippen molar-refractivity contribution in [3.05, 3.63) is 0 Å². The van der Waals surface area contributed by atoms with E-state index in [0.717, 1.165) is 7.11 Å². The van der Waals surface area contributed by atoms with Gasteiger partial charge in [-0.1, -0.05) is 0 Å². The van der Waals surface area contributed by atoms with Crippen LogP contribution in [0.1, 0.15) is 60.8 Å². The summed E-state index contributed by atoms with van der Waals surface area (Å²) in [5.74, 6) is -2.65. The van der Waals surface area contributed by atoms with Gasteiger partial charge in [0.1, 0.15) is 11.1 Å². The molecule has 0 fully saturated rings. The van der Waals surface area contributed by atoms with Gasteiger partial charge in [0.05, 0.1) is 20.0 Å². The summed E-state index contributed by atoms with van der Waals surface area (Å²) in [6.07, 6.45) is -7.53. The summed E-state index contributed by atoms with van der Waals surface area (Å²) in [4.78, 5) is 47.2. The maximum absolute atomic E-state index is 13.6. The van der Waals surface area contributed by atoms with E-state index in [1.54, 1.807) is 20.8 Å². The molecule has 0 aliphatic heterocycles. The Morgan fingerprint density at radius 2 is 1.39 bits per heavy atom. The molecule has 0 aliphatic rings. The first kappa shape index (κ1) is 28.5. The van der Waals surface area contributed by atoms with Crippen molar-refractivity contribution in [1.82, 2.24) is 16.0 Å². The fraction of sp³-hybridized carbons (Fsp3) is 0.789. The first-order valence-corrected chi connectivity index (χ1v) is 9.62. The molecule has 9 nitrogen and oxygen atoms in total. The Kier molecular flexibility index (Phi) is 10.3. The Hall–Kier alpha value is -2.53. The van der Waals surface area contributed by atoms with Crippen LogP contribution in [-0.4, -0.2) is 60.4 Å². The lowest BCUT2D eigenvalue weighted by Gasteiger charge is -2.33. The molecule has 3 atom stereocenters. The van der Waals surface area contributed by atoms with Crippen LogP contribution in [0.25, 0.3) is 0 Å². The van der Waals surface area contributed by atoms with Gasteiger partial charge in [-0.25, -0.2) is 4.79 Å². The third-order valence-electron chi connectivity index (χ3n) is 3.92. The van der Waals surface area contributed by atoms with Gasteiger partial charge in [0.25, 0.3) is 0 Å². The number of rotatable bonds is 9. The largest absolute Gasteiger partial charge is 0.469 e. The second-order valence-corrected chi connectivity index (χ2v) is 8.56. The molecule has 3 N–H and O–H groups in total.